The molecule has 1 heterocycles. The van der Waals surface area contributed by atoms with Crippen molar-refractivity contribution in [3.8, 4) is 28.4 Å². The standard InChI is InChI=1S/C41H41NO2/c1-39(2,3)35-16-11-17-37(38(35)36-26-42-36)43-29-22-18-27(19-23-29)41(28-20-24-30(25-21-28)44-40(4,5)6)33-14-9-7-12-31(33)32-13-8-10-15-34(32)41/h7-25,36,42H,26H2,1-6H3. The number of hydrogen-bond donors (Lipinski definition) is 1. The zero-order chi connectivity index (χ0) is 30.7. The summed E-state index contributed by atoms with van der Waals surface area (Å²) < 4.78 is 12.9. The average molecular weight is 580 g/mol. The molecule has 1 fully saturated rings. The summed E-state index contributed by atoms with van der Waals surface area (Å²) in [5.41, 5.74) is 9.47. The molecule has 1 unspecified atom stereocenters. The monoisotopic (exact) mass is 579 g/mol. The second-order valence-corrected chi connectivity index (χ2v) is 14.1. The van der Waals surface area contributed by atoms with Crippen LogP contribution in [0.3, 0.4) is 0 Å². The number of hydrogen-bond acceptors (Lipinski definition) is 3. The Labute approximate surface area is 261 Å². The Bertz CT molecular complexity index is 1770. The molecule has 222 valence electrons. The molecule has 1 atom stereocenters. The lowest BCUT2D eigenvalue weighted by Gasteiger charge is -2.34. The van der Waals surface area contributed by atoms with Gasteiger partial charge in [-0.1, -0.05) is 106 Å². The van der Waals surface area contributed by atoms with E-state index in [1.54, 1.807) is 0 Å². The SMILES string of the molecule is CC(C)(C)Oc1ccc(C2(c3ccc(Oc4cccc(C(C)(C)C)c4C4CN4)cc3)c3ccccc3-c3ccccc32)cc1. The molecule has 44 heavy (non-hydrogen) atoms. The van der Waals surface area contributed by atoms with Gasteiger partial charge in [0.05, 0.1) is 5.41 Å². The molecule has 0 bridgehead atoms. The Morgan fingerprint density at radius 1 is 0.614 bits per heavy atom. The van der Waals surface area contributed by atoms with Crippen molar-refractivity contribution in [3.05, 3.63) is 149 Å². The lowest BCUT2D eigenvalue weighted by atomic mass is 9.68. The lowest BCUT2D eigenvalue weighted by Crippen LogP contribution is -2.28. The smallest absolute Gasteiger partial charge is 0.132 e. The van der Waals surface area contributed by atoms with Gasteiger partial charge in [-0.15, -0.1) is 0 Å². The number of nitrogens with one attached hydrogen (secondary N) is 1. The van der Waals surface area contributed by atoms with Crippen molar-refractivity contribution in [2.45, 2.75) is 64.0 Å². The van der Waals surface area contributed by atoms with Crippen LogP contribution in [-0.4, -0.2) is 12.1 Å². The van der Waals surface area contributed by atoms with Crippen LogP contribution in [0.15, 0.2) is 115 Å². The molecule has 7 rings (SSSR count). The van der Waals surface area contributed by atoms with E-state index in [-0.39, 0.29) is 11.0 Å². The van der Waals surface area contributed by atoms with E-state index in [0.717, 1.165) is 23.8 Å². The maximum Gasteiger partial charge on any atom is 0.132 e. The highest BCUT2D eigenvalue weighted by molar-refractivity contribution is 5.86. The van der Waals surface area contributed by atoms with E-state index in [9.17, 15) is 0 Å². The molecule has 5 aromatic carbocycles. The molecule has 5 aromatic rings. The van der Waals surface area contributed by atoms with Crippen LogP contribution >= 0.6 is 0 Å². The number of fused-ring (bicyclic) bond motifs is 3. The van der Waals surface area contributed by atoms with Crippen molar-refractivity contribution in [2.75, 3.05) is 6.54 Å². The lowest BCUT2D eigenvalue weighted by molar-refractivity contribution is 0.131. The van der Waals surface area contributed by atoms with E-state index >= 15 is 0 Å². The molecular weight excluding hydrogens is 538 g/mol. The zero-order valence-corrected chi connectivity index (χ0v) is 26.6. The van der Waals surface area contributed by atoms with E-state index in [1.807, 2.05) is 0 Å². The van der Waals surface area contributed by atoms with Gasteiger partial charge in [0.15, 0.2) is 0 Å². The number of rotatable bonds is 6. The molecule has 0 amide bonds. The summed E-state index contributed by atoms with van der Waals surface area (Å²) in [6.45, 7) is 14.0. The molecule has 1 N–H and O–H groups in total. The Morgan fingerprint density at radius 2 is 1.14 bits per heavy atom. The summed E-state index contributed by atoms with van der Waals surface area (Å²) in [5.74, 6) is 2.64. The Kier molecular flexibility index (Phi) is 6.71. The highest BCUT2D eigenvalue weighted by Gasteiger charge is 2.46. The normalized spacial score (nSPS) is 16.6. The summed E-state index contributed by atoms with van der Waals surface area (Å²) in [7, 11) is 0. The zero-order valence-electron chi connectivity index (χ0n) is 26.6. The third-order valence-corrected chi connectivity index (χ3v) is 8.81. The van der Waals surface area contributed by atoms with Crippen LogP contribution < -0.4 is 14.8 Å². The second kappa shape index (κ2) is 10.4. The molecule has 1 aliphatic heterocycles. The van der Waals surface area contributed by atoms with Crippen LogP contribution in [0.4, 0.5) is 0 Å². The molecule has 0 radical (unpaired) electrons. The van der Waals surface area contributed by atoms with Crippen molar-refractivity contribution in [1.29, 1.82) is 0 Å². The highest BCUT2D eigenvalue weighted by Crippen LogP contribution is 2.56. The fourth-order valence-corrected chi connectivity index (χ4v) is 6.96. The topological polar surface area (TPSA) is 40.4 Å². The van der Waals surface area contributed by atoms with Crippen LogP contribution in [0.1, 0.15) is 81.0 Å². The first-order valence-electron chi connectivity index (χ1n) is 15.7. The first kappa shape index (κ1) is 28.4. The summed E-state index contributed by atoms with van der Waals surface area (Å²) in [6.07, 6.45) is 0. The van der Waals surface area contributed by atoms with Gasteiger partial charge in [-0.3, -0.25) is 0 Å². The molecule has 2 aliphatic rings. The van der Waals surface area contributed by atoms with Gasteiger partial charge in [-0.25, -0.2) is 0 Å². The summed E-state index contributed by atoms with van der Waals surface area (Å²) in [5, 5.41) is 3.50. The van der Waals surface area contributed by atoms with Crippen molar-refractivity contribution < 1.29 is 9.47 Å². The first-order valence-corrected chi connectivity index (χ1v) is 15.7. The summed E-state index contributed by atoms with van der Waals surface area (Å²) in [6, 6.07) is 41.9. The van der Waals surface area contributed by atoms with Crippen molar-refractivity contribution in [2.24, 2.45) is 0 Å². The van der Waals surface area contributed by atoms with Crippen molar-refractivity contribution in [1.82, 2.24) is 5.32 Å². The summed E-state index contributed by atoms with van der Waals surface area (Å²) >= 11 is 0. The van der Waals surface area contributed by atoms with Crippen LogP contribution in [-0.2, 0) is 10.8 Å². The molecule has 0 aromatic heterocycles. The van der Waals surface area contributed by atoms with E-state index < -0.39 is 5.41 Å². The minimum atomic E-state index is -0.471. The molecule has 1 saturated heterocycles. The Hall–Kier alpha value is -4.34. The third kappa shape index (κ3) is 4.90. The predicted molar refractivity (Wildman–Crippen MR) is 180 cm³/mol. The van der Waals surface area contributed by atoms with Crippen molar-refractivity contribution in [3.63, 3.8) is 0 Å². The fraction of sp³-hybridized carbons (Fsp3) is 0.268. The summed E-state index contributed by atoms with van der Waals surface area (Å²) in [4.78, 5) is 0. The molecule has 0 spiro atoms. The van der Waals surface area contributed by atoms with Crippen LogP contribution in [0.25, 0.3) is 11.1 Å². The van der Waals surface area contributed by atoms with Gasteiger partial charge in [0.2, 0.25) is 0 Å². The highest BCUT2D eigenvalue weighted by atomic mass is 16.5. The fourth-order valence-electron chi connectivity index (χ4n) is 6.96. The second-order valence-electron chi connectivity index (χ2n) is 14.1. The van der Waals surface area contributed by atoms with E-state index in [4.69, 9.17) is 9.47 Å². The third-order valence-electron chi connectivity index (χ3n) is 8.81. The quantitative estimate of drug-likeness (QED) is 0.200. The molecule has 0 saturated carbocycles. The minimum absolute atomic E-state index is 0.0337. The van der Waals surface area contributed by atoms with E-state index in [1.165, 1.54) is 44.5 Å². The van der Waals surface area contributed by atoms with Crippen LogP contribution in [0, 0.1) is 0 Å². The minimum Gasteiger partial charge on any atom is -0.488 e. The average Bonchev–Trinajstić information content (AvgIpc) is 3.79. The van der Waals surface area contributed by atoms with E-state index in [2.05, 4.69) is 162 Å². The van der Waals surface area contributed by atoms with Gasteiger partial charge in [0.25, 0.3) is 0 Å². The Balaban J connectivity index is 1.34. The van der Waals surface area contributed by atoms with E-state index in [0.29, 0.717) is 6.04 Å². The number of benzene rings is 5. The van der Waals surface area contributed by atoms with Crippen LogP contribution in [0.5, 0.6) is 17.2 Å². The first-order chi connectivity index (χ1) is 21.1. The molecule has 3 nitrogen and oxygen atoms in total. The van der Waals surface area contributed by atoms with Crippen LogP contribution in [0.2, 0.25) is 0 Å². The van der Waals surface area contributed by atoms with Gasteiger partial charge in [-0.05, 0) is 95.5 Å². The number of ether oxygens (including phenoxy) is 2. The molecular formula is C41H41NO2. The largest absolute Gasteiger partial charge is 0.488 e. The van der Waals surface area contributed by atoms with Gasteiger partial charge in [0, 0.05) is 18.2 Å². The van der Waals surface area contributed by atoms with Gasteiger partial charge >= 0.3 is 0 Å². The van der Waals surface area contributed by atoms with Gasteiger partial charge in [0.1, 0.15) is 22.8 Å². The predicted octanol–water partition coefficient (Wildman–Crippen LogP) is 9.96. The van der Waals surface area contributed by atoms with Crippen molar-refractivity contribution >= 4 is 0 Å². The Morgan fingerprint density at radius 3 is 1.64 bits per heavy atom. The van der Waals surface area contributed by atoms with Gasteiger partial charge < -0.3 is 14.8 Å². The molecule has 1 aliphatic carbocycles. The maximum absolute atomic E-state index is 6.65. The molecule has 3 heteroatoms. The maximum atomic E-state index is 6.65. The van der Waals surface area contributed by atoms with Gasteiger partial charge in [-0.2, -0.15) is 0 Å².